The average Bonchev–Trinajstić information content (AvgIpc) is 3.24. The molecule has 0 saturated heterocycles. The van der Waals surface area contributed by atoms with Crippen LogP contribution in [0.5, 0.6) is 0 Å². The van der Waals surface area contributed by atoms with Gasteiger partial charge in [0.15, 0.2) is 0 Å². The van der Waals surface area contributed by atoms with Crippen molar-refractivity contribution in [3.05, 3.63) is 41.2 Å². The van der Waals surface area contributed by atoms with Crippen molar-refractivity contribution in [1.82, 2.24) is 15.2 Å². The molecule has 2 N–H and O–H groups in total. The van der Waals surface area contributed by atoms with Crippen molar-refractivity contribution in [3.8, 4) is 0 Å². The van der Waals surface area contributed by atoms with Gasteiger partial charge in [-0.15, -0.1) is 5.10 Å². The number of hydrogen-bond donors (Lipinski definition) is 2. The molecule has 1 atom stereocenters. The number of aromatic amines is 1. The number of H-pyrrole nitrogens is 1. The Morgan fingerprint density at radius 1 is 1.35 bits per heavy atom. The number of benzene rings is 1. The summed E-state index contributed by atoms with van der Waals surface area (Å²) >= 11 is 1.50. The van der Waals surface area contributed by atoms with Crippen LogP contribution in [0.15, 0.2) is 29.4 Å². The summed E-state index contributed by atoms with van der Waals surface area (Å²) in [6.07, 6.45) is 2.97. The van der Waals surface area contributed by atoms with Gasteiger partial charge in [0.25, 0.3) is 0 Å². The number of aryl methyl sites for hydroxylation is 1. The first-order valence-electron chi connectivity index (χ1n) is 7.08. The van der Waals surface area contributed by atoms with Crippen LogP contribution >= 0.6 is 11.8 Å². The van der Waals surface area contributed by atoms with E-state index >= 15 is 0 Å². The lowest BCUT2D eigenvalue weighted by Gasteiger charge is -2.09. The van der Waals surface area contributed by atoms with Crippen molar-refractivity contribution in [3.63, 3.8) is 0 Å². The molecule has 1 fully saturated rings. The Bertz CT molecular complexity index is 563. The molecule has 5 heteroatoms. The second-order valence-electron chi connectivity index (χ2n) is 5.20. The van der Waals surface area contributed by atoms with Crippen molar-refractivity contribution >= 4 is 11.8 Å². The van der Waals surface area contributed by atoms with Gasteiger partial charge in [0, 0.05) is 11.7 Å². The maximum Gasteiger partial charge on any atom is 0.208 e. The van der Waals surface area contributed by atoms with Gasteiger partial charge in [0.2, 0.25) is 5.16 Å². The van der Waals surface area contributed by atoms with Crippen molar-refractivity contribution < 1.29 is 5.11 Å². The van der Waals surface area contributed by atoms with Crippen LogP contribution in [-0.2, 0) is 6.42 Å². The van der Waals surface area contributed by atoms with Crippen LogP contribution in [-0.4, -0.2) is 26.0 Å². The molecule has 1 aromatic heterocycles. The molecule has 4 nitrogen and oxygen atoms in total. The second kappa shape index (κ2) is 5.97. The van der Waals surface area contributed by atoms with Crippen molar-refractivity contribution in [2.24, 2.45) is 0 Å². The van der Waals surface area contributed by atoms with Gasteiger partial charge in [-0.3, -0.25) is 5.10 Å². The van der Waals surface area contributed by atoms with Gasteiger partial charge in [-0.05, 0) is 30.4 Å². The standard InChI is InChI=1S/C15H19N3OS/c1-2-10-3-5-11(6-4-10)13(19)9-20-15-16-14(17-18-15)12-7-8-12/h3-6,12-13,19H,2,7-9H2,1H3,(H,16,17,18). The van der Waals surface area contributed by atoms with E-state index in [0.29, 0.717) is 11.7 Å². The SMILES string of the molecule is CCc1ccc(C(O)CSc2n[nH]c(C3CC3)n2)cc1. The number of aliphatic hydroxyl groups excluding tert-OH is 1. The first-order chi connectivity index (χ1) is 9.76. The molecule has 3 rings (SSSR count). The summed E-state index contributed by atoms with van der Waals surface area (Å²) in [6, 6.07) is 8.14. The minimum Gasteiger partial charge on any atom is -0.388 e. The van der Waals surface area contributed by atoms with Crippen LogP contribution in [0.4, 0.5) is 0 Å². The lowest BCUT2D eigenvalue weighted by atomic mass is 10.1. The molecule has 0 bridgehead atoms. The highest BCUT2D eigenvalue weighted by Gasteiger charge is 2.27. The van der Waals surface area contributed by atoms with Crippen LogP contribution in [0, 0.1) is 0 Å². The van der Waals surface area contributed by atoms with Gasteiger partial charge in [-0.2, -0.15) is 0 Å². The second-order valence-corrected chi connectivity index (χ2v) is 6.19. The smallest absolute Gasteiger partial charge is 0.208 e. The molecule has 0 radical (unpaired) electrons. The third kappa shape index (κ3) is 3.22. The maximum atomic E-state index is 10.2. The molecule has 0 spiro atoms. The number of aliphatic hydroxyl groups is 1. The van der Waals surface area contributed by atoms with E-state index in [2.05, 4.69) is 34.2 Å². The predicted octanol–water partition coefficient (Wildman–Crippen LogP) is 3.07. The maximum absolute atomic E-state index is 10.2. The highest BCUT2D eigenvalue weighted by Crippen LogP contribution is 2.38. The quantitative estimate of drug-likeness (QED) is 0.802. The zero-order valence-corrected chi connectivity index (χ0v) is 12.4. The Morgan fingerprint density at radius 3 is 2.75 bits per heavy atom. The largest absolute Gasteiger partial charge is 0.388 e. The first kappa shape index (κ1) is 13.6. The van der Waals surface area contributed by atoms with Crippen molar-refractivity contribution in [2.45, 2.75) is 43.4 Å². The number of rotatable bonds is 6. The zero-order valence-electron chi connectivity index (χ0n) is 11.5. The molecule has 20 heavy (non-hydrogen) atoms. The summed E-state index contributed by atoms with van der Waals surface area (Å²) in [4.78, 5) is 4.45. The Labute approximate surface area is 123 Å². The van der Waals surface area contributed by atoms with Gasteiger partial charge >= 0.3 is 0 Å². The monoisotopic (exact) mass is 289 g/mol. The number of nitrogens with zero attached hydrogens (tertiary/aromatic N) is 2. The highest BCUT2D eigenvalue weighted by atomic mass is 32.2. The highest BCUT2D eigenvalue weighted by molar-refractivity contribution is 7.99. The summed E-state index contributed by atoms with van der Waals surface area (Å²) < 4.78 is 0. The summed E-state index contributed by atoms with van der Waals surface area (Å²) in [5, 5.41) is 18.1. The van der Waals surface area contributed by atoms with E-state index in [9.17, 15) is 5.11 Å². The molecular weight excluding hydrogens is 270 g/mol. The van der Waals surface area contributed by atoms with E-state index in [1.54, 1.807) is 0 Å². The molecule has 2 aromatic rings. The van der Waals surface area contributed by atoms with Crippen LogP contribution < -0.4 is 0 Å². The minimum atomic E-state index is -0.478. The Balaban J connectivity index is 1.55. The molecule has 1 saturated carbocycles. The van der Waals surface area contributed by atoms with Gasteiger partial charge in [0.1, 0.15) is 5.82 Å². The fraction of sp³-hybridized carbons (Fsp3) is 0.467. The number of thioether (sulfide) groups is 1. The molecule has 1 heterocycles. The molecule has 0 amide bonds. The van der Waals surface area contributed by atoms with Crippen LogP contribution in [0.3, 0.4) is 0 Å². The Kier molecular flexibility index (Phi) is 4.08. The summed E-state index contributed by atoms with van der Waals surface area (Å²) in [5.41, 5.74) is 2.24. The fourth-order valence-electron chi connectivity index (χ4n) is 2.09. The van der Waals surface area contributed by atoms with Crippen LogP contribution in [0.2, 0.25) is 0 Å². The van der Waals surface area contributed by atoms with E-state index in [1.807, 2.05) is 12.1 Å². The lowest BCUT2D eigenvalue weighted by Crippen LogP contribution is -2.01. The molecule has 1 aliphatic carbocycles. The zero-order chi connectivity index (χ0) is 13.9. The molecular formula is C15H19N3OS. The van der Waals surface area contributed by atoms with E-state index < -0.39 is 6.10 Å². The average molecular weight is 289 g/mol. The minimum absolute atomic E-state index is 0.478. The summed E-state index contributed by atoms with van der Waals surface area (Å²) in [6.45, 7) is 2.13. The predicted molar refractivity (Wildman–Crippen MR) is 79.9 cm³/mol. The molecule has 0 aliphatic heterocycles. The van der Waals surface area contributed by atoms with E-state index in [-0.39, 0.29) is 0 Å². The molecule has 106 valence electrons. The topological polar surface area (TPSA) is 61.8 Å². The molecule has 1 aliphatic rings. The lowest BCUT2D eigenvalue weighted by molar-refractivity contribution is 0.204. The third-order valence-electron chi connectivity index (χ3n) is 3.59. The van der Waals surface area contributed by atoms with E-state index in [1.165, 1.54) is 30.2 Å². The number of aromatic nitrogens is 3. The molecule has 1 aromatic carbocycles. The molecule has 1 unspecified atom stereocenters. The summed E-state index contributed by atoms with van der Waals surface area (Å²) in [5.74, 6) is 2.16. The van der Waals surface area contributed by atoms with Crippen LogP contribution in [0.1, 0.15) is 48.7 Å². The number of hydrogen-bond acceptors (Lipinski definition) is 4. The van der Waals surface area contributed by atoms with Gasteiger partial charge in [0.05, 0.1) is 6.10 Å². The normalized spacial score (nSPS) is 16.3. The van der Waals surface area contributed by atoms with Gasteiger partial charge < -0.3 is 5.11 Å². The van der Waals surface area contributed by atoms with Crippen molar-refractivity contribution in [2.75, 3.05) is 5.75 Å². The van der Waals surface area contributed by atoms with E-state index in [4.69, 9.17) is 0 Å². The summed E-state index contributed by atoms with van der Waals surface area (Å²) in [7, 11) is 0. The van der Waals surface area contributed by atoms with E-state index in [0.717, 1.165) is 23.0 Å². The van der Waals surface area contributed by atoms with Gasteiger partial charge in [-0.25, -0.2) is 4.98 Å². The Morgan fingerprint density at radius 2 is 2.10 bits per heavy atom. The third-order valence-corrected chi connectivity index (χ3v) is 4.51. The number of nitrogens with one attached hydrogen (secondary N) is 1. The fourth-order valence-corrected chi connectivity index (χ4v) is 2.86. The van der Waals surface area contributed by atoms with Gasteiger partial charge in [-0.1, -0.05) is 43.0 Å². The van der Waals surface area contributed by atoms with Crippen molar-refractivity contribution in [1.29, 1.82) is 0 Å². The van der Waals surface area contributed by atoms with Crippen LogP contribution in [0.25, 0.3) is 0 Å². The first-order valence-corrected chi connectivity index (χ1v) is 8.07. The Hall–Kier alpha value is -1.33.